The summed E-state index contributed by atoms with van der Waals surface area (Å²) in [6.07, 6.45) is -0.104. The van der Waals surface area contributed by atoms with Crippen LogP contribution in [0.2, 0.25) is 0 Å². The van der Waals surface area contributed by atoms with E-state index in [2.05, 4.69) is 14.9 Å². The highest BCUT2D eigenvalue weighted by atomic mass is 32.2. The number of ether oxygens (including phenoxy) is 1. The lowest BCUT2D eigenvalue weighted by atomic mass is 10.3. The average molecular weight is 290 g/mol. The lowest BCUT2D eigenvalue weighted by molar-refractivity contribution is 0.00967. The standard InChI is InChI=1S/C10H18N4O4S/c1-7-6-14(4-5-17-7)19(15,16)13-8(2)10-11-9(3)18-12-10/h7-8,13H,4-6H2,1-3H3/t7-,8+/m0/s1. The predicted octanol–water partition coefficient (Wildman–Crippen LogP) is -0.00588. The molecule has 0 aromatic carbocycles. The molecule has 2 atom stereocenters. The summed E-state index contributed by atoms with van der Waals surface area (Å²) in [7, 11) is -3.57. The van der Waals surface area contributed by atoms with E-state index in [0.717, 1.165) is 0 Å². The van der Waals surface area contributed by atoms with Crippen LogP contribution in [0, 0.1) is 6.92 Å². The van der Waals surface area contributed by atoms with Gasteiger partial charge in [-0.05, 0) is 13.8 Å². The molecular formula is C10H18N4O4S. The van der Waals surface area contributed by atoms with Crippen molar-refractivity contribution in [2.45, 2.75) is 32.9 Å². The highest BCUT2D eigenvalue weighted by Gasteiger charge is 2.29. The molecule has 8 nitrogen and oxygen atoms in total. The molecular weight excluding hydrogens is 272 g/mol. The molecule has 0 amide bonds. The van der Waals surface area contributed by atoms with Gasteiger partial charge in [-0.15, -0.1) is 0 Å². The quantitative estimate of drug-likeness (QED) is 0.838. The zero-order chi connectivity index (χ0) is 14.0. The van der Waals surface area contributed by atoms with Crippen LogP contribution in [-0.2, 0) is 14.9 Å². The van der Waals surface area contributed by atoms with Crippen LogP contribution in [-0.4, -0.2) is 48.7 Å². The molecule has 9 heteroatoms. The number of aryl methyl sites for hydroxylation is 1. The Balaban J connectivity index is 2.04. The molecule has 1 aliphatic rings. The van der Waals surface area contributed by atoms with Crippen LogP contribution in [0.3, 0.4) is 0 Å². The van der Waals surface area contributed by atoms with Gasteiger partial charge in [-0.2, -0.15) is 22.4 Å². The van der Waals surface area contributed by atoms with Crippen molar-refractivity contribution in [1.82, 2.24) is 19.2 Å². The SMILES string of the molecule is Cc1nc([C@@H](C)NS(=O)(=O)N2CCO[C@@H](C)C2)no1. The summed E-state index contributed by atoms with van der Waals surface area (Å²) in [6, 6.07) is -0.541. The molecule has 0 aliphatic carbocycles. The topological polar surface area (TPSA) is 97.6 Å². The van der Waals surface area contributed by atoms with Crippen molar-refractivity contribution in [3.8, 4) is 0 Å². The van der Waals surface area contributed by atoms with Crippen molar-refractivity contribution in [3.63, 3.8) is 0 Å². The molecule has 2 heterocycles. The largest absolute Gasteiger partial charge is 0.376 e. The fourth-order valence-corrected chi connectivity index (χ4v) is 3.27. The Hall–Kier alpha value is -1.03. The molecule has 0 spiro atoms. The summed E-state index contributed by atoms with van der Waals surface area (Å²) in [5, 5.41) is 3.70. The summed E-state index contributed by atoms with van der Waals surface area (Å²) in [5.41, 5.74) is 0. The molecule has 1 aromatic heterocycles. The average Bonchev–Trinajstić information content (AvgIpc) is 2.75. The van der Waals surface area contributed by atoms with Crippen LogP contribution in [0.4, 0.5) is 0 Å². The van der Waals surface area contributed by atoms with E-state index in [4.69, 9.17) is 9.26 Å². The summed E-state index contributed by atoms with van der Waals surface area (Å²) in [5.74, 6) is 0.725. The Morgan fingerprint density at radius 2 is 2.26 bits per heavy atom. The van der Waals surface area contributed by atoms with Gasteiger partial charge in [0.05, 0.1) is 18.8 Å². The first-order valence-electron chi connectivity index (χ1n) is 6.07. The third-order valence-corrected chi connectivity index (χ3v) is 4.46. The minimum Gasteiger partial charge on any atom is -0.376 e. The minimum absolute atomic E-state index is 0.104. The Morgan fingerprint density at radius 3 is 2.84 bits per heavy atom. The number of nitrogens with one attached hydrogen (secondary N) is 1. The number of hydrogen-bond acceptors (Lipinski definition) is 6. The predicted molar refractivity (Wildman–Crippen MR) is 66.5 cm³/mol. The first-order valence-corrected chi connectivity index (χ1v) is 7.51. The maximum absolute atomic E-state index is 12.2. The van der Waals surface area contributed by atoms with Crippen molar-refractivity contribution < 1.29 is 17.7 Å². The second-order valence-electron chi connectivity index (χ2n) is 4.56. The number of aromatic nitrogens is 2. The van der Waals surface area contributed by atoms with Gasteiger partial charge in [0, 0.05) is 20.0 Å². The second-order valence-corrected chi connectivity index (χ2v) is 6.26. The van der Waals surface area contributed by atoms with Gasteiger partial charge in [-0.1, -0.05) is 5.16 Å². The molecule has 0 unspecified atom stereocenters. The zero-order valence-electron chi connectivity index (χ0n) is 11.2. The van der Waals surface area contributed by atoms with Gasteiger partial charge in [0.2, 0.25) is 5.89 Å². The summed E-state index contributed by atoms with van der Waals surface area (Å²) < 4.78 is 38.4. The molecule has 2 rings (SSSR count). The Morgan fingerprint density at radius 1 is 1.53 bits per heavy atom. The van der Waals surface area contributed by atoms with Gasteiger partial charge in [-0.3, -0.25) is 0 Å². The number of rotatable bonds is 4. The van der Waals surface area contributed by atoms with Gasteiger partial charge < -0.3 is 9.26 Å². The van der Waals surface area contributed by atoms with Crippen LogP contribution in [0.5, 0.6) is 0 Å². The lowest BCUT2D eigenvalue weighted by Gasteiger charge is -2.30. The molecule has 1 aliphatic heterocycles. The highest BCUT2D eigenvalue weighted by Crippen LogP contribution is 2.13. The summed E-state index contributed by atoms with van der Waals surface area (Å²) in [4.78, 5) is 4.01. The summed E-state index contributed by atoms with van der Waals surface area (Å²) >= 11 is 0. The van der Waals surface area contributed by atoms with E-state index in [-0.39, 0.29) is 6.10 Å². The van der Waals surface area contributed by atoms with Crippen molar-refractivity contribution in [1.29, 1.82) is 0 Å². The van der Waals surface area contributed by atoms with Gasteiger partial charge in [-0.25, -0.2) is 0 Å². The summed E-state index contributed by atoms with van der Waals surface area (Å²) in [6.45, 7) is 6.25. The molecule has 1 N–H and O–H groups in total. The van der Waals surface area contributed by atoms with Crippen molar-refractivity contribution in [3.05, 3.63) is 11.7 Å². The molecule has 1 saturated heterocycles. The molecule has 108 valence electrons. The highest BCUT2D eigenvalue weighted by molar-refractivity contribution is 7.87. The van der Waals surface area contributed by atoms with Crippen LogP contribution in [0.25, 0.3) is 0 Å². The van der Waals surface area contributed by atoms with Crippen molar-refractivity contribution in [2.75, 3.05) is 19.7 Å². The zero-order valence-corrected chi connectivity index (χ0v) is 12.0. The molecule has 1 aromatic rings. The Bertz CT molecular complexity index is 529. The number of nitrogens with zero attached hydrogens (tertiary/aromatic N) is 3. The van der Waals surface area contributed by atoms with Crippen LogP contribution >= 0.6 is 0 Å². The monoisotopic (exact) mass is 290 g/mol. The maximum atomic E-state index is 12.2. The smallest absolute Gasteiger partial charge is 0.280 e. The third kappa shape index (κ3) is 3.50. The molecule has 19 heavy (non-hydrogen) atoms. The van der Waals surface area contributed by atoms with E-state index in [9.17, 15) is 8.42 Å². The first-order chi connectivity index (χ1) is 8.88. The fourth-order valence-electron chi connectivity index (χ4n) is 1.85. The fraction of sp³-hybridized carbons (Fsp3) is 0.800. The van der Waals surface area contributed by atoms with E-state index >= 15 is 0 Å². The molecule has 0 radical (unpaired) electrons. The van der Waals surface area contributed by atoms with E-state index in [1.165, 1.54) is 4.31 Å². The van der Waals surface area contributed by atoms with E-state index < -0.39 is 16.3 Å². The van der Waals surface area contributed by atoms with Crippen molar-refractivity contribution >= 4 is 10.2 Å². The van der Waals surface area contributed by atoms with Crippen molar-refractivity contribution in [2.24, 2.45) is 0 Å². The third-order valence-electron chi connectivity index (χ3n) is 2.80. The first kappa shape index (κ1) is 14.4. The maximum Gasteiger partial charge on any atom is 0.280 e. The molecule has 0 bridgehead atoms. The minimum atomic E-state index is -3.57. The second kappa shape index (κ2) is 5.53. The van der Waals surface area contributed by atoms with E-state index in [1.54, 1.807) is 13.8 Å². The molecule has 1 fully saturated rings. The van der Waals surface area contributed by atoms with Gasteiger partial charge in [0.25, 0.3) is 10.2 Å². The van der Waals surface area contributed by atoms with Gasteiger partial charge >= 0.3 is 0 Å². The van der Waals surface area contributed by atoms with Crippen LogP contribution < -0.4 is 4.72 Å². The van der Waals surface area contributed by atoms with Gasteiger partial charge in [0.15, 0.2) is 5.82 Å². The Kier molecular flexibility index (Phi) is 4.19. The van der Waals surface area contributed by atoms with Crippen LogP contribution in [0.15, 0.2) is 4.52 Å². The molecule has 0 saturated carbocycles. The van der Waals surface area contributed by atoms with E-state index in [1.807, 2.05) is 6.92 Å². The van der Waals surface area contributed by atoms with Crippen LogP contribution in [0.1, 0.15) is 31.6 Å². The number of hydrogen-bond donors (Lipinski definition) is 1. The van der Waals surface area contributed by atoms with Gasteiger partial charge in [0.1, 0.15) is 0 Å². The normalized spacial score (nSPS) is 23.4. The van der Waals surface area contributed by atoms with E-state index in [0.29, 0.717) is 31.4 Å². The number of morpholine rings is 1. The Labute approximate surface area is 112 Å². The lowest BCUT2D eigenvalue weighted by Crippen LogP contribution is -2.49.